The molecule has 1 aliphatic rings. The standard InChI is InChI=1S/C16H12F2N2O2/c1-9-15(21)19-13-4-2-3-5-14(13)20(9)16(22)11-7-6-10(17)8-12(11)18/h2-9H,1H3,(H,19,21)/t9-/m0/s1. The molecule has 0 saturated heterocycles. The van der Waals surface area contributed by atoms with Crippen molar-refractivity contribution in [1.82, 2.24) is 0 Å². The third-order valence-corrected chi connectivity index (χ3v) is 3.57. The van der Waals surface area contributed by atoms with Gasteiger partial charge in [-0.3, -0.25) is 14.5 Å². The molecule has 22 heavy (non-hydrogen) atoms. The molecule has 6 heteroatoms. The van der Waals surface area contributed by atoms with Gasteiger partial charge in [0.1, 0.15) is 17.7 Å². The minimum atomic E-state index is -0.958. The first kappa shape index (κ1) is 14.2. The second-order valence-electron chi connectivity index (χ2n) is 4.98. The molecule has 0 bridgehead atoms. The summed E-state index contributed by atoms with van der Waals surface area (Å²) in [5.41, 5.74) is 0.669. The second kappa shape index (κ2) is 5.22. The SMILES string of the molecule is C[C@H]1C(=O)Nc2ccccc2N1C(=O)c1ccc(F)cc1F. The van der Waals surface area contributed by atoms with Crippen LogP contribution in [-0.2, 0) is 4.79 Å². The third kappa shape index (κ3) is 2.22. The molecule has 0 aromatic heterocycles. The van der Waals surface area contributed by atoms with Crippen molar-refractivity contribution < 1.29 is 18.4 Å². The molecule has 0 radical (unpaired) electrons. The first-order valence-corrected chi connectivity index (χ1v) is 6.67. The fraction of sp³-hybridized carbons (Fsp3) is 0.125. The smallest absolute Gasteiger partial charge is 0.262 e. The molecule has 0 spiro atoms. The predicted molar refractivity (Wildman–Crippen MR) is 77.7 cm³/mol. The fourth-order valence-electron chi connectivity index (χ4n) is 2.43. The highest BCUT2D eigenvalue weighted by molar-refractivity contribution is 6.16. The van der Waals surface area contributed by atoms with E-state index >= 15 is 0 Å². The number of hydrogen-bond acceptors (Lipinski definition) is 2. The summed E-state index contributed by atoms with van der Waals surface area (Å²) in [5.74, 6) is -2.78. The van der Waals surface area contributed by atoms with Gasteiger partial charge in [-0.2, -0.15) is 0 Å². The Morgan fingerprint density at radius 1 is 1.18 bits per heavy atom. The Bertz CT molecular complexity index is 776. The van der Waals surface area contributed by atoms with Crippen molar-refractivity contribution in [2.75, 3.05) is 10.2 Å². The lowest BCUT2D eigenvalue weighted by molar-refractivity contribution is -0.117. The van der Waals surface area contributed by atoms with Crippen molar-refractivity contribution in [2.24, 2.45) is 0 Å². The number of para-hydroxylation sites is 2. The summed E-state index contributed by atoms with van der Waals surface area (Å²) in [4.78, 5) is 25.8. The van der Waals surface area contributed by atoms with Crippen LogP contribution in [0.5, 0.6) is 0 Å². The molecule has 1 atom stereocenters. The quantitative estimate of drug-likeness (QED) is 0.880. The van der Waals surface area contributed by atoms with Gasteiger partial charge in [0, 0.05) is 6.07 Å². The summed E-state index contributed by atoms with van der Waals surface area (Å²) in [6.45, 7) is 1.55. The predicted octanol–water partition coefficient (Wildman–Crippen LogP) is 2.95. The van der Waals surface area contributed by atoms with Gasteiger partial charge in [-0.05, 0) is 31.2 Å². The van der Waals surface area contributed by atoms with Gasteiger partial charge in [0.15, 0.2) is 0 Å². The minimum absolute atomic E-state index is 0.280. The zero-order chi connectivity index (χ0) is 15.9. The summed E-state index contributed by atoms with van der Waals surface area (Å²) in [7, 11) is 0. The molecule has 1 heterocycles. The van der Waals surface area contributed by atoms with Crippen molar-refractivity contribution in [3.05, 3.63) is 59.7 Å². The normalized spacial score (nSPS) is 17.0. The van der Waals surface area contributed by atoms with E-state index in [1.807, 2.05) is 0 Å². The summed E-state index contributed by atoms with van der Waals surface area (Å²) in [6, 6.07) is 8.68. The van der Waals surface area contributed by atoms with Gasteiger partial charge >= 0.3 is 0 Å². The van der Waals surface area contributed by atoms with Gasteiger partial charge in [-0.25, -0.2) is 8.78 Å². The number of benzene rings is 2. The van der Waals surface area contributed by atoms with Gasteiger partial charge < -0.3 is 5.32 Å². The van der Waals surface area contributed by atoms with Crippen LogP contribution < -0.4 is 10.2 Å². The van der Waals surface area contributed by atoms with Crippen molar-refractivity contribution in [3.8, 4) is 0 Å². The molecule has 4 nitrogen and oxygen atoms in total. The second-order valence-corrected chi connectivity index (χ2v) is 4.98. The lowest BCUT2D eigenvalue weighted by atomic mass is 10.1. The number of carbonyl (C=O) groups excluding carboxylic acids is 2. The highest BCUT2D eigenvalue weighted by atomic mass is 19.1. The molecule has 3 rings (SSSR count). The Morgan fingerprint density at radius 2 is 1.91 bits per heavy atom. The lowest BCUT2D eigenvalue weighted by Gasteiger charge is -2.34. The highest BCUT2D eigenvalue weighted by Gasteiger charge is 2.35. The minimum Gasteiger partial charge on any atom is -0.322 e. The van der Waals surface area contributed by atoms with E-state index in [1.54, 1.807) is 31.2 Å². The van der Waals surface area contributed by atoms with Crippen LogP contribution in [0.2, 0.25) is 0 Å². The molecular weight excluding hydrogens is 290 g/mol. The van der Waals surface area contributed by atoms with E-state index in [-0.39, 0.29) is 11.5 Å². The Morgan fingerprint density at radius 3 is 2.64 bits per heavy atom. The van der Waals surface area contributed by atoms with Gasteiger partial charge in [-0.1, -0.05) is 12.1 Å². The number of carbonyl (C=O) groups is 2. The maximum atomic E-state index is 13.9. The summed E-state index contributed by atoms with van der Waals surface area (Å²) >= 11 is 0. The largest absolute Gasteiger partial charge is 0.322 e. The topological polar surface area (TPSA) is 49.4 Å². The first-order valence-electron chi connectivity index (χ1n) is 6.67. The van der Waals surface area contributed by atoms with E-state index in [9.17, 15) is 18.4 Å². The maximum absolute atomic E-state index is 13.9. The van der Waals surface area contributed by atoms with Gasteiger partial charge in [0.25, 0.3) is 5.91 Å². The van der Waals surface area contributed by atoms with Gasteiger partial charge in [-0.15, -0.1) is 0 Å². The van der Waals surface area contributed by atoms with Crippen LogP contribution in [0.25, 0.3) is 0 Å². The zero-order valence-corrected chi connectivity index (χ0v) is 11.6. The number of nitrogens with one attached hydrogen (secondary N) is 1. The number of fused-ring (bicyclic) bond motifs is 1. The number of rotatable bonds is 1. The van der Waals surface area contributed by atoms with Crippen molar-refractivity contribution in [2.45, 2.75) is 13.0 Å². The van der Waals surface area contributed by atoms with E-state index in [2.05, 4.69) is 5.32 Å². The number of hydrogen-bond donors (Lipinski definition) is 1. The lowest BCUT2D eigenvalue weighted by Crippen LogP contribution is -2.49. The van der Waals surface area contributed by atoms with E-state index in [0.717, 1.165) is 12.1 Å². The monoisotopic (exact) mass is 302 g/mol. The van der Waals surface area contributed by atoms with Crippen LogP contribution in [0.1, 0.15) is 17.3 Å². The molecule has 0 fully saturated rings. The molecule has 1 N–H and O–H groups in total. The fourth-order valence-corrected chi connectivity index (χ4v) is 2.43. The summed E-state index contributed by atoms with van der Waals surface area (Å²) in [5, 5.41) is 2.68. The number of halogens is 2. The number of nitrogens with zero attached hydrogens (tertiary/aromatic N) is 1. The highest BCUT2D eigenvalue weighted by Crippen LogP contribution is 2.33. The molecule has 2 amide bonds. The number of anilines is 2. The van der Waals surface area contributed by atoms with Crippen molar-refractivity contribution >= 4 is 23.2 Å². The van der Waals surface area contributed by atoms with Crippen molar-refractivity contribution in [3.63, 3.8) is 0 Å². The third-order valence-electron chi connectivity index (χ3n) is 3.57. The molecule has 2 aromatic carbocycles. The Hall–Kier alpha value is -2.76. The average Bonchev–Trinajstić information content (AvgIpc) is 2.48. The zero-order valence-electron chi connectivity index (χ0n) is 11.6. The Labute approximate surface area is 125 Å². The van der Waals surface area contributed by atoms with E-state index < -0.39 is 23.6 Å². The molecule has 1 aliphatic heterocycles. The average molecular weight is 302 g/mol. The molecule has 2 aromatic rings. The van der Waals surface area contributed by atoms with Crippen LogP contribution in [0.4, 0.5) is 20.2 Å². The Kier molecular flexibility index (Phi) is 3.36. The summed E-state index contributed by atoms with van der Waals surface area (Å²) in [6.07, 6.45) is 0. The van der Waals surface area contributed by atoms with E-state index in [0.29, 0.717) is 17.4 Å². The Balaban J connectivity index is 2.09. The molecule has 0 aliphatic carbocycles. The van der Waals surface area contributed by atoms with E-state index in [4.69, 9.17) is 0 Å². The molecular formula is C16H12F2N2O2. The van der Waals surface area contributed by atoms with E-state index in [1.165, 1.54) is 4.90 Å². The van der Waals surface area contributed by atoms with Crippen molar-refractivity contribution in [1.29, 1.82) is 0 Å². The summed E-state index contributed by atoms with van der Waals surface area (Å²) < 4.78 is 26.9. The van der Waals surface area contributed by atoms with Crippen LogP contribution in [0, 0.1) is 11.6 Å². The van der Waals surface area contributed by atoms with Crippen LogP contribution >= 0.6 is 0 Å². The van der Waals surface area contributed by atoms with Crippen LogP contribution in [0.3, 0.4) is 0 Å². The molecule has 0 saturated carbocycles. The maximum Gasteiger partial charge on any atom is 0.262 e. The molecule has 112 valence electrons. The van der Waals surface area contributed by atoms with Gasteiger partial charge in [0.05, 0.1) is 16.9 Å². The van der Waals surface area contributed by atoms with Gasteiger partial charge in [0.2, 0.25) is 5.91 Å². The van der Waals surface area contributed by atoms with Crippen LogP contribution in [-0.4, -0.2) is 17.9 Å². The molecule has 0 unspecified atom stereocenters. The number of amides is 2. The first-order chi connectivity index (χ1) is 10.5. The van der Waals surface area contributed by atoms with Crippen LogP contribution in [0.15, 0.2) is 42.5 Å².